The van der Waals surface area contributed by atoms with Crippen LogP contribution in [0.4, 0.5) is 0 Å². The van der Waals surface area contributed by atoms with E-state index in [2.05, 4.69) is 50.1 Å². The Morgan fingerprint density at radius 3 is 1.41 bits per heavy atom. The maximum absolute atomic E-state index is 13.1. The topological polar surface area (TPSA) is 353 Å². The molecule has 3 aliphatic heterocycles. The number of nitrogens with zero attached hydrogens (tertiary/aromatic N) is 15. The van der Waals surface area contributed by atoms with Crippen molar-refractivity contribution in [2.75, 3.05) is 6.54 Å². The zero-order chi connectivity index (χ0) is 57.1. The average molecular weight is 1110 g/mol. The predicted molar refractivity (Wildman–Crippen MR) is 290 cm³/mol. The molecule has 0 N–H and O–H groups in total. The largest absolute Gasteiger partial charge is 0.370 e. The molecule has 0 amide bonds. The van der Waals surface area contributed by atoms with Gasteiger partial charge in [-0.25, -0.2) is 0 Å². The number of azide groups is 5. The van der Waals surface area contributed by atoms with E-state index in [-0.39, 0.29) is 45.2 Å². The van der Waals surface area contributed by atoms with Crippen molar-refractivity contribution >= 4 is 5.78 Å². The summed E-state index contributed by atoms with van der Waals surface area (Å²) < 4.78 is 67.9. The van der Waals surface area contributed by atoms with Crippen molar-refractivity contribution in [3.8, 4) is 0 Å². The summed E-state index contributed by atoms with van der Waals surface area (Å²) in [6.45, 7) is 6.83. The molecular formula is C55H65N15O11. The van der Waals surface area contributed by atoms with Crippen molar-refractivity contribution in [1.29, 1.82) is 0 Å². The number of carbonyl (C=O) groups excluding carboxylic acids is 1. The minimum atomic E-state index is -1.42. The maximum atomic E-state index is 13.1. The second kappa shape index (κ2) is 30.0. The van der Waals surface area contributed by atoms with Gasteiger partial charge in [0.25, 0.3) is 0 Å². The van der Waals surface area contributed by atoms with Gasteiger partial charge in [0.15, 0.2) is 24.7 Å². The van der Waals surface area contributed by atoms with E-state index in [9.17, 15) is 32.5 Å². The van der Waals surface area contributed by atoms with Gasteiger partial charge in [-0.15, -0.1) is 0 Å². The van der Waals surface area contributed by atoms with Gasteiger partial charge in [-0.05, 0) is 81.5 Å². The van der Waals surface area contributed by atoms with Crippen LogP contribution in [0.15, 0.2) is 147 Å². The summed E-state index contributed by atoms with van der Waals surface area (Å²) in [7, 11) is 0. The lowest BCUT2D eigenvalue weighted by molar-refractivity contribution is -0.303. The molecule has 8 rings (SSSR count). The third-order valence-corrected chi connectivity index (χ3v) is 15.1. The van der Waals surface area contributed by atoms with Gasteiger partial charge in [0.05, 0.1) is 75.5 Å². The summed E-state index contributed by atoms with van der Waals surface area (Å²) in [5.41, 5.74) is 53.2. The zero-order valence-electron chi connectivity index (χ0n) is 45.2. The Morgan fingerprint density at radius 1 is 0.481 bits per heavy atom. The molecule has 3 saturated heterocycles. The minimum absolute atomic E-state index is 0.00153. The Hall–Kier alpha value is -7.30. The fourth-order valence-electron chi connectivity index (χ4n) is 10.9. The number of hydrogen-bond acceptors (Lipinski definition) is 16. The summed E-state index contributed by atoms with van der Waals surface area (Å²) in [5.74, 6) is -1.12. The van der Waals surface area contributed by atoms with Crippen LogP contribution in [0.3, 0.4) is 0 Å². The Balaban J connectivity index is 1.20. The van der Waals surface area contributed by atoms with Crippen LogP contribution in [0.2, 0.25) is 0 Å². The molecule has 0 bridgehead atoms. The van der Waals surface area contributed by atoms with Crippen molar-refractivity contribution in [2.45, 2.75) is 171 Å². The van der Waals surface area contributed by atoms with E-state index in [0.29, 0.717) is 6.42 Å². The van der Waals surface area contributed by atoms with Crippen LogP contribution < -0.4 is 0 Å². The normalized spacial score (nSPS) is 32.6. The van der Waals surface area contributed by atoms with E-state index in [1.165, 1.54) is 6.92 Å². The van der Waals surface area contributed by atoms with Crippen LogP contribution >= 0.6 is 0 Å². The van der Waals surface area contributed by atoms with Crippen molar-refractivity contribution < 1.29 is 52.2 Å². The van der Waals surface area contributed by atoms with Gasteiger partial charge in [0, 0.05) is 24.6 Å². The Bertz CT molecular complexity index is 2900. The number of rotatable bonds is 26. The summed E-state index contributed by atoms with van der Waals surface area (Å²) in [4.78, 5) is 28.9. The molecule has 426 valence electrons. The number of benzene rings is 4. The first-order valence-corrected chi connectivity index (χ1v) is 26.8. The monoisotopic (exact) mass is 1110 g/mol. The molecule has 81 heavy (non-hydrogen) atoms. The lowest BCUT2D eigenvalue weighted by atomic mass is 9.80. The molecule has 0 spiro atoms. The Labute approximate surface area is 467 Å². The molecule has 7 unspecified atom stereocenters. The molecule has 1 saturated carbocycles. The quantitative estimate of drug-likeness (QED) is 0.0323. The van der Waals surface area contributed by atoms with E-state index in [1.807, 2.05) is 142 Å². The number of ether oxygens (including phenoxy) is 10. The third kappa shape index (κ3) is 15.2. The van der Waals surface area contributed by atoms with Crippen molar-refractivity contribution in [1.82, 2.24) is 0 Å². The second-order valence-corrected chi connectivity index (χ2v) is 20.2. The molecule has 3 heterocycles. The Kier molecular flexibility index (Phi) is 22.1. The third-order valence-electron chi connectivity index (χ3n) is 15.1. The van der Waals surface area contributed by atoms with Gasteiger partial charge in [0.1, 0.15) is 42.7 Å². The van der Waals surface area contributed by atoms with Gasteiger partial charge in [0.2, 0.25) is 0 Å². The molecule has 1 aliphatic carbocycles. The summed E-state index contributed by atoms with van der Waals surface area (Å²) in [6, 6.07) is 33.0. The molecular weight excluding hydrogens is 1050 g/mol. The van der Waals surface area contributed by atoms with Gasteiger partial charge < -0.3 is 47.4 Å². The first-order valence-electron chi connectivity index (χ1n) is 26.8. The number of carbonyl (C=O) groups is 1. The number of Topliss-reactive ketones (excluding diaryl/α,β-unsaturated/α-hetero) is 1. The standard InChI is InChI=1S/C55H65N15O11/c1-5-41-49(80-54-44(65-70-60)50(74-30-37-22-14-8-15-23-37)48(42(77-54)27-61-66-56)73-29-36-20-12-7-13-21-36)52(75-31-38-24-16-9-17-25-38)55(76-41)81-51-46(72-28-35-18-10-6-11-19-35)39(62-67-57)26-40(63-68-58)47(51)79-53-43(64-69-59)32(2)33(3)45(78-53)34(4)71/h6-25,32-33,39-55H,5,26-31H2,1-4H3/t32-,33-,39+,40?,41+,42?,43?,44?,45?,46?,47+,48+,49-,50-,51+,52?,53+,54+,55-/m0/s1. The first kappa shape index (κ1) is 59.8. The van der Waals surface area contributed by atoms with E-state index in [4.69, 9.17) is 47.4 Å². The SMILES string of the molecule is CC[C@H]1O[C@@H](O[C@@H]2C(OCc3ccccc3)[C@H](N=[N+]=[N-])CC(N=[N+]=[N-])[C@H]2O[C@H]2OC(C(C)=O)[C@@H](C)[C@H](C)C2N=[N+]=[N-])C(OCc2ccccc2)[C@H]1O[C@H]1OC(CN=[N+]=[N-])[C@@H](OCc2ccccc2)[C@@H](OCc2ccccc2)C1N=[N+]=[N-]. The minimum Gasteiger partial charge on any atom is -0.370 e. The fourth-order valence-corrected chi connectivity index (χ4v) is 10.9. The van der Waals surface area contributed by atoms with Crippen LogP contribution in [0, 0.1) is 11.8 Å². The zero-order valence-corrected chi connectivity index (χ0v) is 45.2. The molecule has 0 aromatic heterocycles. The highest BCUT2D eigenvalue weighted by atomic mass is 16.8. The molecule has 0 radical (unpaired) electrons. The van der Waals surface area contributed by atoms with Crippen LogP contribution in [0.1, 0.15) is 62.8 Å². The highest BCUT2D eigenvalue weighted by molar-refractivity contribution is 5.81. The lowest BCUT2D eigenvalue weighted by Crippen LogP contribution is -2.62. The molecule has 19 atom stereocenters. The van der Waals surface area contributed by atoms with Crippen molar-refractivity contribution in [3.63, 3.8) is 0 Å². The number of hydrogen-bond donors (Lipinski definition) is 0. The Morgan fingerprint density at radius 2 is 0.914 bits per heavy atom. The average Bonchev–Trinajstić information content (AvgIpc) is 4.10. The highest BCUT2D eigenvalue weighted by Gasteiger charge is 2.57. The molecule has 26 heteroatoms. The van der Waals surface area contributed by atoms with E-state index < -0.39 is 116 Å². The summed E-state index contributed by atoms with van der Waals surface area (Å²) in [6.07, 6.45) is -15.0. The molecule has 4 aliphatic rings. The van der Waals surface area contributed by atoms with Crippen molar-refractivity contribution in [2.24, 2.45) is 37.4 Å². The van der Waals surface area contributed by atoms with E-state index in [1.54, 1.807) is 0 Å². The fraction of sp³-hybridized carbons (Fsp3) is 0.545. The van der Waals surface area contributed by atoms with Crippen LogP contribution in [0.5, 0.6) is 0 Å². The summed E-state index contributed by atoms with van der Waals surface area (Å²) in [5, 5.41) is 20.5. The summed E-state index contributed by atoms with van der Waals surface area (Å²) >= 11 is 0. The lowest BCUT2D eigenvalue weighted by Gasteiger charge is -2.48. The molecule has 4 aromatic rings. The van der Waals surface area contributed by atoms with Gasteiger partial charge in [-0.2, -0.15) is 0 Å². The maximum Gasteiger partial charge on any atom is 0.187 e. The van der Waals surface area contributed by atoms with E-state index in [0.717, 1.165) is 22.3 Å². The number of ketones is 1. The van der Waals surface area contributed by atoms with Crippen LogP contribution in [-0.2, 0) is 78.6 Å². The van der Waals surface area contributed by atoms with Gasteiger partial charge >= 0.3 is 0 Å². The second-order valence-electron chi connectivity index (χ2n) is 20.2. The molecule has 26 nitrogen and oxygen atoms in total. The predicted octanol–water partition coefficient (Wildman–Crippen LogP) is 11.4. The molecule has 4 aromatic carbocycles. The van der Waals surface area contributed by atoms with Crippen LogP contribution in [-0.4, -0.2) is 116 Å². The van der Waals surface area contributed by atoms with E-state index >= 15 is 0 Å². The van der Waals surface area contributed by atoms with Gasteiger partial charge in [-0.1, -0.05) is 168 Å². The smallest absolute Gasteiger partial charge is 0.187 e. The first-order chi connectivity index (χ1) is 39.6. The van der Waals surface area contributed by atoms with Gasteiger partial charge in [-0.3, -0.25) is 4.79 Å². The van der Waals surface area contributed by atoms with Crippen LogP contribution in [0.25, 0.3) is 52.2 Å². The highest BCUT2D eigenvalue weighted by Crippen LogP contribution is 2.42. The van der Waals surface area contributed by atoms with Crippen molar-refractivity contribution in [3.05, 3.63) is 196 Å². The molecule has 4 fully saturated rings.